The van der Waals surface area contributed by atoms with Crippen LogP contribution in [-0.4, -0.2) is 46.5 Å². The van der Waals surface area contributed by atoms with Gasteiger partial charge in [-0.05, 0) is 42.7 Å². The van der Waals surface area contributed by atoms with E-state index in [1.54, 1.807) is 0 Å². The average molecular weight is 317 g/mol. The first-order chi connectivity index (χ1) is 11.0. The SMILES string of the molecule is C[C@@H]1CN(Cc2cc(C#N)n(C)c2)CC[C@@]1(O)C1CCOCC1. The van der Waals surface area contributed by atoms with E-state index in [0.717, 1.165) is 52.1 Å². The first-order valence-corrected chi connectivity index (χ1v) is 8.60. The molecule has 2 atom stereocenters. The number of hydrogen-bond donors (Lipinski definition) is 1. The van der Waals surface area contributed by atoms with Gasteiger partial charge in [-0.1, -0.05) is 6.92 Å². The van der Waals surface area contributed by atoms with Gasteiger partial charge in [0.2, 0.25) is 0 Å². The summed E-state index contributed by atoms with van der Waals surface area (Å²) in [7, 11) is 1.91. The highest BCUT2D eigenvalue weighted by atomic mass is 16.5. The predicted octanol–water partition coefficient (Wildman–Crippen LogP) is 1.90. The lowest BCUT2D eigenvalue weighted by Crippen LogP contribution is -2.55. The maximum atomic E-state index is 11.2. The third-order valence-corrected chi connectivity index (χ3v) is 5.72. The Kier molecular flexibility index (Phi) is 4.77. The average Bonchev–Trinajstić information content (AvgIpc) is 2.91. The summed E-state index contributed by atoms with van der Waals surface area (Å²) in [6.45, 7) is 6.41. The molecule has 1 aromatic heterocycles. The Balaban J connectivity index is 1.62. The quantitative estimate of drug-likeness (QED) is 0.925. The molecule has 5 heteroatoms. The molecule has 3 heterocycles. The predicted molar refractivity (Wildman–Crippen MR) is 87.7 cm³/mol. The van der Waals surface area contributed by atoms with Crippen molar-refractivity contribution in [1.82, 2.24) is 9.47 Å². The van der Waals surface area contributed by atoms with E-state index in [1.807, 2.05) is 23.9 Å². The van der Waals surface area contributed by atoms with Crippen LogP contribution < -0.4 is 0 Å². The standard InChI is InChI=1S/C18H27N3O2/c1-14-11-21(13-15-9-17(10-19)20(2)12-15)6-5-18(14,22)16-3-7-23-8-4-16/h9,12,14,16,22H,3-8,11,13H2,1-2H3/t14-,18+/m1/s1. The van der Waals surface area contributed by atoms with Crippen molar-refractivity contribution in [1.29, 1.82) is 5.26 Å². The van der Waals surface area contributed by atoms with Gasteiger partial charge < -0.3 is 14.4 Å². The topological polar surface area (TPSA) is 61.4 Å². The molecule has 5 nitrogen and oxygen atoms in total. The molecule has 0 unspecified atom stereocenters. The lowest BCUT2D eigenvalue weighted by atomic mass is 9.70. The molecule has 2 aliphatic rings. The fourth-order valence-electron chi connectivity index (χ4n) is 4.26. The van der Waals surface area contributed by atoms with Gasteiger partial charge in [-0.3, -0.25) is 4.90 Å². The van der Waals surface area contributed by atoms with Crippen molar-refractivity contribution < 1.29 is 9.84 Å². The maximum absolute atomic E-state index is 11.2. The number of piperidine rings is 1. The van der Waals surface area contributed by atoms with Gasteiger partial charge in [-0.15, -0.1) is 0 Å². The molecular weight excluding hydrogens is 290 g/mol. The second-order valence-electron chi connectivity index (χ2n) is 7.22. The van der Waals surface area contributed by atoms with E-state index in [2.05, 4.69) is 17.9 Å². The molecule has 0 aliphatic carbocycles. The molecule has 1 aromatic rings. The minimum absolute atomic E-state index is 0.262. The number of aliphatic hydroxyl groups is 1. The summed E-state index contributed by atoms with van der Waals surface area (Å²) in [6.07, 6.45) is 4.81. The fourth-order valence-corrected chi connectivity index (χ4v) is 4.26. The second kappa shape index (κ2) is 6.64. The zero-order valence-electron chi connectivity index (χ0n) is 14.2. The van der Waals surface area contributed by atoms with Crippen LogP contribution in [-0.2, 0) is 18.3 Å². The molecule has 0 bridgehead atoms. The minimum atomic E-state index is -0.547. The van der Waals surface area contributed by atoms with Crippen LogP contribution in [0, 0.1) is 23.2 Å². The zero-order valence-corrected chi connectivity index (χ0v) is 14.2. The first kappa shape index (κ1) is 16.5. The highest BCUT2D eigenvalue weighted by Crippen LogP contribution is 2.39. The van der Waals surface area contributed by atoms with Crippen LogP contribution in [0.25, 0.3) is 0 Å². The van der Waals surface area contributed by atoms with Gasteiger partial charge in [0.1, 0.15) is 11.8 Å². The molecule has 0 spiro atoms. The Morgan fingerprint density at radius 1 is 1.43 bits per heavy atom. The van der Waals surface area contributed by atoms with Gasteiger partial charge in [0.25, 0.3) is 0 Å². The van der Waals surface area contributed by atoms with Gasteiger partial charge in [-0.2, -0.15) is 5.26 Å². The van der Waals surface area contributed by atoms with Crippen LogP contribution in [0.2, 0.25) is 0 Å². The summed E-state index contributed by atoms with van der Waals surface area (Å²) in [5.41, 5.74) is 1.32. The normalized spacial score (nSPS) is 30.3. The van der Waals surface area contributed by atoms with E-state index >= 15 is 0 Å². The zero-order chi connectivity index (χ0) is 16.4. The van der Waals surface area contributed by atoms with Gasteiger partial charge in [0, 0.05) is 46.1 Å². The Morgan fingerprint density at radius 2 is 2.17 bits per heavy atom. The molecule has 2 aliphatic heterocycles. The van der Waals surface area contributed by atoms with Gasteiger partial charge in [0.15, 0.2) is 0 Å². The van der Waals surface area contributed by atoms with Crippen molar-refractivity contribution in [3.63, 3.8) is 0 Å². The third kappa shape index (κ3) is 3.30. The largest absolute Gasteiger partial charge is 0.389 e. The highest BCUT2D eigenvalue weighted by molar-refractivity contribution is 5.28. The van der Waals surface area contributed by atoms with Crippen molar-refractivity contribution in [2.75, 3.05) is 26.3 Å². The van der Waals surface area contributed by atoms with Crippen molar-refractivity contribution in [3.05, 3.63) is 23.5 Å². The Bertz CT molecular complexity index is 586. The van der Waals surface area contributed by atoms with Crippen LogP contribution in [0.3, 0.4) is 0 Å². The number of hydrogen-bond acceptors (Lipinski definition) is 4. The smallest absolute Gasteiger partial charge is 0.120 e. The monoisotopic (exact) mass is 317 g/mol. The van der Waals surface area contributed by atoms with E-state index in [9.17, 15) is 5.11 Å². The molecule has 0 radical (unpaired) electrons. The Labute approximate surface area is 138 Å². The molecule has 0 amide bonds. The molecule has 23 heavy (non-hydrogen) atoms. The van der Waals surface area contributed by atoms with Crippen molar-refractivity contribution >= 4 is 0 Å². The van der Waals surface area contributed by atoms with Gasteiger partial charge in [-0.25, -0.2) is 0 Å². The summed E-state index contributed by atoms with van der Waals surface area (Å²) in [5, 5.41) is 20.3. The summed E-state index contributed by atoms with van der Waals surface area (Å²) in [5.74, 6) is 0.633. The Morgan fingerprint density at radius 3 is 2.78 bits per heavy atom. The van der Waals surface area contributed by atoms with Crippen molar-refractivity contribution in [2.24, 2.45) is 18.9 Å². The third-order valence-electron chi connectivity index (χ3n) is 5.72. The van der Waals surface area contributed by atoms with Crippen molar-refractivity contribution in [3.8, 4) is 6.07 Å². The van der Waals surface area contributed by atoms with Gasteiger partial charge in [0.05, 0.1) is 5.60 Å². The fraction of sp³-hybridized carbons (Fsp3) is 0.722. The van der Waals surface area contributed by atoms with E-state index in [0.29, 0.717) is 11.6 Å². The molecule has 0 saturated carbocycles. The van der Waals surface area contributed by atoms with E-state index in [-0.39, 0.29) is 5.92 Å². The first-order valence-electron chi connectivity index (χ1n) is 8.60. The van der Waals surface area contributed by atoms with Crippen LogP contribution in [0.5, 0.6) is 0 Å². The number of rotatable bonds is 3. The molecular formula is C18H27N3O2. The van der Waals surface area contributed by atoms with E-state index in [1.165, 1.54) is 5.56 Å². The van der Waals surface area contributed by atoms with E-state index < -0.39 is 5.60 Å². The summed E-state index contributed by atoms with van der Waals surface area (Å²) in [6, 6.07) is 4.17. The molecule has 2 saturated heterocycles. The van der Waals surface area contributed by atoms with Crippen LogP contribution in [0.15, 0.2) is 12.3 Å². The number of ether oxygens (including phenoxy) is 1. The summed E-state index contributed by atoms with van der Waals surface area (Å²) in [4.78, 5) is 2.40. The number of aromatic nitrogens is 1. The lowest BCUT2D eigenvalue weighted by molar-refractivity contribution is -0.131. The van der Waals surface area contributed by atoms with Crippen LogP contribution in [0.4, 0.5) is 0 Å². The second-order valence-corrected chi connectivity index (χ2v) is 7.22. The number of nitrogens with zero attached hydrogens (tertiary/aromatic N) is 3. The van der Waals surface area contributed by atoms with Gasteiger partial charge >= 0.3 is 0 Å². The number of nitriles is 1. The number of likely N-dealkylation sites (tertiary alicyclic amines) is 1. The number of aryl methyl sites for hydroxylation is 1. The summed E-state index contributed by atoms with van der Waals surface area (Å²) >= 11 is 0. The van der Waals surface area contributed by atoms with Crippen molar-refractivity contribution in [2.45, 2.75) is 38.3 Å². The minimum Gasteiger partial charge on any atom is -0.389 e. The lowest BCUT2D eigenvalue weighted by Gasteiger charge is -2.48. The molecule has 126 valence electrons. The molecule has 2 fully saturated rings. The molecule has 3 rings (SSSR count). The van der Waals surface area contributed by atoms with Crippen LogP contribution >= 0.6 is 0 Å². The summed E-state index contributed by atoms with van der Waals surface area (Å²) < 4.78 is 7.32. The van der Waals surface area contributed by atoms with Crippen LogP contribution in [0.1, 0.15) is 37.4 Å². The molecule has 0 aromatic carbocycles. The highest BCUT2D eigenvalue weighted by Gasteiger charge is 2.45. The molecule has 1 N–H and O–H groups in total. The maximum Gasteiger partial charge on any atom is 0.120 e. The van der Waals surface area contributed by atoms with E-state index in [4.69, 9.17) is 10.00 Å². The Hall–Kier alpha value is -1.35.